The monoisotopic (exact) mass is 410 g/mol. The second kappa shape index (κ2) is 9.43. The lowest BCUT2D eigenvalue weighted by Crippen LogP contribution is -2.49. The molecule has 0 aliphatic heterocycles. The van der Waals surface area contributed by atoms with Gasteiger partial charge < -0.3 is 20.5 Å². The van der Waals surface area contributed by atoms with E-state index < -0.39 is 30.1 Å². The second-order valence-corrected chi connectivity index (χ2v) is 7.44. The third kappa shape index (κ3) is 4.79. The van der Waals surface area contributed by atoms with Crippen molar-refractivity contribution >= 4 is 18.0 Å². The molecule has 1 aliphatic rings. The first kappa shape index (κ1) is 21.4. The number of ether oxygens (including phenoxy) is 1. The number of aliphatic carboxylic acids is 1. The van der Waals surface area contributed by atoms with Gasteiger partial charge in [0.15, 0.2) is 0 Å². The number of carboxylic acid groups (broad SMARTS) is 1. The zero-order valence-electron chi connectivity index (χ0n) is 17.1. The lowest BCUT2D eigenvalue weighted by atomic mass is 9.98. The van der Waals surface area contributed by atoms with Gasteiger partial charge in [-0.25, -0.2) is 4.79 Å². The van der Waals surface area contributed by atoms with Crippen molar-refractivity contribution in [2.75, 3.05) is 6.61 Å². The summed E-state index contributed by atoms with van der Waals surface area (Å²) in [4.78, 5) is 35.4. The largest absolute Gasteiger partial charge is 0.481 e. The predicted molar refractivity (Wildman–Crippen MR) is 112 cm³/mol. The van der Waals surface area contributed by atoms with Crippen LogP contribution >= 0.6 is 0 Å². The van der Waals surface area contributed by atoms with Gasteiger partial charge in [0.1, 0.15) is 12.6 Å². The minimum Gasteiger partial charge on any atom is -0.481 e. The van der Waals surface area contributed by atoms with Crippen LogP contribution in [0.5, 0.6) is 0 Å². The number of fused-ring (bicyclic) bond motifs is 3. The molecule has 2 amide bonds. The van der Waals surface area contributed by atoms with Crippen molar-refractivity contribution in [2.45, 2.75) is 44.7 Å². The van der Waals surface area contributed by atoms with Crippen molar-refractivity contribution in [3.8, 4) is 11.1 Å². The van der Waals surface area contributed by atoms with Crippen LogP contribution in [0.15, 0.2) is 48.5 Å². The Balaban J connectivity index is 1.60. The van der Waals surface area contributed by atoms with Crippen LogP contribution in [0.4, 0.5) is 4.79 Å². The number of carboxylic acids is 1. The van der Waals surface area contributed by atoms with Crippen LogP contribution in [0, 0.1) is 0 Å². The number of rotatable bonds is 8. The van der Waals surface area contributed by atoms with Crippen molar-refractivity contribution in [2.24, 2.45) is 0 Å². The summed E-state index contributed by atoms with van der Waals surface area (Å²) in [6.07, 6.45) is -0.507. The zero-order chi connectivity index (χ0) is 21.7. The maximum Gasteiger partial charge on any atom is 0.407 e. The molecule has 0 saturated heterocycles. The first-order valence-corrected chi connectivity index (χ1v) is 10.0. The van der Waals surface area contributed by atoms with E-state index in [0.717, 1.165) is 22.3 Å². The molecule has 1 aliphatic carbocycles. The van der Waals surface area contributed by atoms with Gasteiger partial charge in [0.05, 0.1) is 6.42 Å². The summed E-state index contributed by atoms with van der Waals surface area (Å²) >= 11 is 0. The van der Waals surface area contributed by atoms with Gasteiger partial charge >= 0.3 is 12.1 Å². The van der Waals surface area contributed by atoms with Crippen molar-refractivity contribution < 1.29 is 24.2 Å². The minimum atomic E-state index is -1.000. The molecule has 0 heterocycles. The third-order valence-electron chi connectivity index (χ3n) is 5.23. The molecule has 3 rings (SSSR count). The number of carbonyl (C=O) groups excluding carboxylic acids is 2. The van der Waals surface area contributed by atoms with E-state index in [0.29, 0.717) is 6.42 Å². The third-order valence-corrected chi connectivity index (χ3v) is 5.23. The second-order valence-electron chi connectivity index (χ2n) is 7.44. The van der Waals surface area contributed by atoms with Gasteiger partial charge in [-0.1, -0.05) is 55.5 Å². The summed E-state index contributed by atoms with van der Waals surface area (Å²) in [6.45, 7) is 3.52. The van der Waals surface area contributed by atoms with Gasteiger partial charge in [0, 0.05) is 12.0 Å². The lowest BCUT2D eigenvalue weighted by Gasteiger charge is -2.20. The zero-order valence-corrected chi connectivity index (χ0v) is 17.1. The Bertz CT molecular complexity index is 897. The smallest absolute Gasteiger partial charge is 0.407 e. The number of nitrogens with one attached hydrogen (secondary N) is 2. The summed E-state index contributed by atoms with van der Waals surface area (Å²) in [7, 11) is 0. The highest BCUT2D eigenvalue weighted by molar-refractivity contribution is 5.86. The SMILES string of the molecule is CCC(NC(=O)OCC1c2ccccc2-c2ccccc21)C(=O)NC(C)CC(=O)O. The topological polar surface area (TPSA) is 105 Å². The van der Waals surface area contributed by atoms with E-state index in [2.05, 4.69) is 22.8 Å². The quantitative estimate of drug-likeness (QED) is 0.619. The maximum absolute atomic E-state index is 12.4. The number of benzene rings is 2. The van der Waals surface area contributed by atoms with Gasteiger partial charge in [0.25, 0.3) is 0 Å². The van der Waals surface area contributed by atoms with Gasteiger partial charge in [-0.15, -0.1) is 0 Å². The van der Waals surface area contributed by atoms with E-state index in [4.69, 9.17) is 9.84 Å². The molecule has 0 bridgehead atoms. The molecule has 7 nitrogen and oxygen atoms in total. The van der Waals surface area contributed by atoms with Crippen LogP contribution in [0.3, 0.4) is 0 Å². The van der Waals surface area contributed by atoms with E-state index in [1.165, 1.54) is 0 Å². The Kier molecular flexibility index (Phi) is 6.72. The van der Waals surface area contributed by atoms with Crippen LogP contribution in [0.1, 0.15) is 43.7 Å². The summed E-state index contributed by atoms with van der Waals surface area (Å²) in [5.41, 5.74) is 4.50. The molecule has 2 aromatic carbocycles. The van der Waals surface area contributed by atoms with E-state index in [1.54, 1.807) is 13.8 Å². The van der Waals surface area contributed by atoms with E-state index in [1.807, 2.05) is 36.4 Å². The van der Waals surface area contributed by atoms with Crippen molar-refractivity contribution in [1.29, 1.82) is 0 Å². The Hall–Kier alpha value is -3.35. The molecule has 2 atom stereocenters. The molecule has 2 unspecified atom stereocenters. The fraction of sp³-hybridized carbons (Fsp3) is 0.348. The molecule has 0 saturated carbocycles. The normalized spacial score (nSPS) is 14.2. The molecule has 30 heavy (non-hydrogen) atoms. The lowest BCUT2D eigenvalue weighted by molar-refractivity contribution is -0.137. The predicted octanol–water partition coefficient (Wildman–Crippen LogP) is 3.28. The molecule has 2 aromatic rings. The molecular formula is C23H26N2O5. The Morgan fingerprint density at radius 2 is 1.57 bits per heavy atom. The van der Waals surface area contributed by atoms with E-state index in [9.17, 15) is 14.4 Å². The average Bonchev–Trinajstić information content (AvgIpc) is 3.03. The highest BCUT2D eigenvalue weighted by atomic mass is 16.5. The Morgan fingerprint density at radius 1 is 1.00 bits per heavy atom. The van der Waals surface area contributed by atoms with Gasteiger partial charge in [-0.2, -0.15) is 0 Å². The highest BCUT2D eigenvalue weighted by Gasteiger charge is 2.29. The van der Waals surface area contributed by atoms with E-state index >= 15 is 0 Å². The number of carbonyl (C=O) groups is 3. The summed E-state index contributed by atoms with van der Waals surface area (Å²) in [5.74, 6) is -1.49. The fourth-order valence-corrected chi connectivity index (χ4v) is 3.79. The molecule has 0 aromatic heterocycles. The Morgan fingerprint density at radius 3 is 2.10 bits per heavy atom. The maximum atomic E-state index is 12.4. The first-order valence-electron chi connectivity index (χ1n) is 10.0. The summed E-state index contributed by atoms with van der Waals surface area (Å²) in [5, 5.41) is 14.0. The van der Waals surface area contributed by atoms with Crippen LogP contribution in [0.2, 0.25) is 0 Å². The molecule has 0 radical (unpaired) electrons. The van der Waals surface area contributed by atoms with Crippen LogP contribution < -0.4 is 10.6 Å². The molecule has 0 spiro atoms. The number of alkyl carbamates (subject to hydrolysis) is 1. The summed E-state index contributed by atoms with van der Waals surface area (Å²) in [6, 6.07) is 14.8. The van der Waals surface area contributed by atoms with Crippen LogP contribution in [-0.4, -0.2) is 41.8 Å². The van der Waals surface area contributed by atoms with Gasteiger partial charge in [0.2, 0.25) is 5.91 Å². The fourth-order valence-electron chi connectivity index (χ4n) is 3.79. The van der Waals surface area contributed by atoms with Crippen molar-refractivity contribution in [3.63, 3.8) is 0 Å². The number of amides is 2. The van der Waals surface area contributed by atoms with Crippen molar-refractivity contribution in [3.05, 3.63) is 59.7 Å². The summed E-state index contributed by atoms with van der Waals surface area (Å²) < 4.78 is 5.47. The number of hydrogen-bond donors (Lipinski definition) is 3. The molecular weight excluding hydrogens is 384 g/mol. The average molecular weight is 410 g/mol. The standard InChI is InChI=1S/C23H26N2O5/c1-3-20(22(28)24-14(2)12-21(26)27)25-23(29)30-13-19-17-10-6-4-8-15(17)16-9-5-7-11-18(16)19/h4-11,14,19-20H,3,12-13H2,1-2H3,(H,24,28)(H,25,29)(H,26,27). The molecule has 3 N–H and O–H groups in total. The van der Waals surface area contributed by atoms with Crippen molar-refractivity contribution in [1.82, 2.24) is 10.6 Å². The van der Waals surface area contributed by atoms with Gasteiger partial charge in [-0.05, 0) is 35.6 Å². The first-order chi connectivity index (χ1) is 14.4. The number of hydrogen-bond acceptors (Lipinski definition) is 4. The molecule has 7 heteroatoms. The van der Waals surface area contributed by atoms with Crippen LogP contribution in [-0.2, 0) is 14.3 Å². The Labute approximate surface area is 175 Å². The molecule has 0 fully saturated rings. The highest BCUT2D eigenvalue weighted by Crippen LogP contribution is 2.44. The van der Waals surface area contributed by atoms with Gasteiger partial charge in [-0.3, -0.25) is 9.59 Å². The van der Waals surface area contributed by atoms with E-state index in [-0.39, 0.29) is 18.9 Å². The molecule has 158 valence electrons. The van der Waals surface area contributed by atoms with Crippen LogP contribution in [0.25, 0.3) is 11.1 Å². The minimum absolute atomic E-state index is 0.0624.